The quantitative estimate of drug-likeness (QED) is 0.676. The van der Waals surface area contributed by atoms with Crippen molar-refractivity contribution in [2.24, 2.45) is 0 Å². The summed E-state index contributed by atoms with van der Waals surface area (Å²) in [7, 11) is -5.15. The number of rotatable bonds is 3. The van der Waals surface area contributed by atoms with Crippen molar-refractivity contribution in [3.63, 3.8) is 0 Å². The highest BCUT2D eigenvalue weighted by atomic mass is 32.2. The Morgan fingerprint density at radius 3 is 2.24 bits per heavy atom. The van der Waals surface area contributed by atoms with Crippen LogP contribution >= 0.6 is 0 Å². The average Bonchev–Trinajstić information content (AvgIpc) is 2.15. The van der Waals surface area contributed by atoms with Gasteiger partial charge in [-0.05, 0) is 41.8 Å². The molecule has 0 fully saturated rings. The SMILES string of the molecule is C=Cc1c(C)cc(S(=O)(=O)O)c([Si](C)C)c1C. The van der Waals surface area contributed by atoms with Crippen molar-refractivity contribution in [1.82, 2.24) is 0 Å². The second-order valence-electron chi connectivity index (χ2n) is 4.28. The van der Waals surface area contributed by atoms with Gasteiger partial charge in [0, 0.05) is 0 Å². The summed E-state index contributed by atoms with van der Waals surface area (Å²) in [5.41, 5.74) is 2.68. The van der Waals surface area contributed by atoms with E-state index in [0.29, 0.717) is 0 Å². The van der Waals surface area contributed by atoms with Crippen LogP contribution in [-0.4, -0.2) is 21.8 Å². The van der Waals surface area contributed by atoms with Gasteiger partial charge >= 0.3 is 0 Å². The van der Waals surface area contributed by atoms with Crippen LogP contribution in [0, 0.1) is 13.8 Å². The Morgan fingerprint density at radius 2 is 1.88 bits per heavy atom. The predicted octanol–water partition coefficient (Wildman–Crippen LogP) is 2.15. The van der Waals surface area contributed by atoms with Gasteiger partial charge in [0.25, 0.3) is 10.1 Å². The fourth-order valence-electron chi connectivity index (χ4n) is 2.10. The molecule has 1 radical (unpaired) electrons. The Labute approximate surface area is 105 Å². The normalized spacial score (nSPS) is 11.9. The zero-order valence-electron chi connectivity index (χ0n) is 10.5. The molecule has 0 saturated heterocycles. The first-order valence-corrected chi connectivity index (χ1v) is 9.18. The van der Waals surface area contributed by atoms with Crippen LogP contribution in [0.1, 0.15) is 16.7 Å². The van der Waals surface area contributed by atoms with Crippen LogP contribution < -0.4 is 5.19 Å². The molecule has 0 bridgehead atoms. The van der Waals surface area contributed by atoms with Crippen LogP contribution in [0.3, 0.4) is 0 Å². The third kappa shape index (κ3) is 2.67. The summed E-state index contributed by atoms with van der Waals surface area (Å²) in [5, 5.41) is 0.762. The highest BCUT2D eigenvalue weighted by Gasteiger charge is 2.22. The fourth-order valence-corrected chi connectivity index (χ4v) is 5.29. The van der Waals surface area contributed by atoms with Crippen molar-refractivity contribution in [2.75, 3.05) is 0 Å². The second-order valence-corrected chi connectivity index (χ2v) is 8.17. The van der Waals surface area contributed by atoms with Gasteiger partial charge in [0.1, 0.15) is 0 Å². The van der Waals surface area contributed by atoms with Crippen LogP contribution in [-0.2, 0) is 10.1 Å². The Kier molecular flexibility index (Phi) is 3.96. The number of aryl methyl sites for hydroxylation is 1. The molecule has 5 heteroatoms. The molecular weight excluding hydrogens is 252 g/mol. The van der Waals surface area contributed by atoms with Gasteiger partial charge in [0.05, 0.1) is 13.7 Å². The van der Waals surface area contributed by atoms with E-state index in [1.165, 1.54) is 6.07 Å². The molecule has 17 heavy (non-hydrogen) atoms. The van der Waals surface area contributed by atoms with Gasteiger partial charge in [0.15, 0.2) is 0 Å². The second kappa shape index (κ2) is 4.76. The van der Waals surface area contributed by atoms with E-state index in [0.717, 1.165) is 21.9 Å². The Balaban J connectivity index is 3.81. The predicted molar refractivity (Wildman–Crippen MR) is 72.9 cm³/mol. The Hall–Kier alpha value is -0.913. The summed E-state index contributed by atoms with van der Waals surface area (Å²) in [5.74, 6) is 0. The third-order valence-corrected chi connectivity index (χ3v) is 5.48. The molecule has 93 valence electrons. The first-order chi connectivity index (χ1) is 7.70. The van der Waals surface area contributed by atoms with Gasteiger partial charge < -0.3 is 0 Å². The van der Waals surface area contributed by atoms with E-state index in [9.17, 15) is 13.0 Å². The van der Waals surface area contributed by atoms with Crippen LogP contribution in [0.25, 0.3) is 6.08 Å². The van der Waals surface area contributed by atoms with Crippen molar-refractivity contribution in [1.29, 1.82) is 0 Å². The molecule has 0 saturated carbocycles. The highest BCUT2D eigenvalue weighted by molar-refractivity contribution is 7.86. The lowest BCUT2D eigenvalue weighted by molar-refractivity contribution is 0.483. The zero-order chi connectivity index (χ0) is 13.4. The van der Waals surface area contributed by atoms with E-state index < -0.39 is 18.9 Å². The first-order valence-electron chi connectivity index (χ1n) is 5.24. The smallest absolute Gasteiger partial charge is 0.282 e. The van der Waals surface area contributed by atoms with Crippen molar-refractivity contribution in [3.8, 4) is 0 Å². The van der Waals surface area contributed by atoms with Crippen molar-refractivity contribution < 1.29 is 13.0 Å². The largest absolute Gasteiger partial charge is 0.294 e. The molecule has 3 nitrogen and oxygen atoms in total. The molecule has 0 heterocycles. The molecule has 0 aliphatic rings. The lowest BCUT2D eigenvalue weighted by Gasteiger charge is -2.17. The summed E-state index contributed by atoms with van der Waals surface area (Å²) >= 11 is 0. The van der Waals surface area contributed by atoms with Gasteiger partial charge in [-0.25, -0.2) is 0 Å². The number of hydrogen-bond donors (Lipinski definition) is 1. The zero-order valence-corrected chi connectivity index (χ0v) is 12.4. The molecule has 0 unspecified atom stereocenters. The molecule has 0 atom stereocenters. The highest BCUT2D eigenvalue weighted by Crippen LogP contribution is 2.20. The molecule has 1 aromatic rings. The standard InChI is InChI=1S/C12H17O3SSi/c1-6-10-8(2)7-11(16(13,14)15)12(9(10)3)17(4)5/h6-7H,1H2,2-5H3,(H,13,14,15). The van der Waals surface area contributed by atoms with Gasteiger partial charge in [0.2, 0.25) is 0 Å². The summed E-state index contributed by atoms with van der Waals surface area (Å²) in [4.78, 5) is 0.0528. The minimum atomic E-state index is -4.16. The summed E-state index contributed by atoms with van der Waals surface area (Å²) in [6.45, 7) is 11.5. The lowest BCUT2D eigenvalue weighted by atomic mass is 10.0. The van der Waals surface area contributed by atoms with Crippen molar-refractivity contribution in [2.45, 2.75) is 31.8 Å². The van der Waals surface area contributed by atoms with Crippen LogP contribution in [0.5, 0.6) is 0 Å². The summed E-state index contributed by atoms with van der Waals surface area (Å²) in [6.07, 6.45) is 1.73. The Morgan fingerprint density at radius 1 is 1.35 bits per heavy atom. The lowest BCUT2D eigenvalue weighted by Crippen LogP contribution is -2.32. The van der Waals surface area contributed by atoms with Gasteiger partial charge in [-0.2, -0.15) is 8.42 Å². The van der Waals surface area contributed by atoms with Gasteiger partial charge in [-0.15, -0.1) is 0 Å². The topological polar surface area (TPSA) is 54.4 Å². The first kappa shape index (κ1) is 14.1. The molecule has 0 amide bonds. The van der Waals surface area contributed by atoms with E-state index in [1.807, 2.05) is 26.9 Å². The summed E-state index contributed by atoms with van der Waals surface area (Å²) in [6, 6.07) is 1.53. The van der Waals surface area contributed by atoms with E-state index in [2.05, 4.69) is 6.58 Å². The average molecular weight is 269 g/mol. The molecule has 1 rings (SSSR count). The minimum Gasteiger partial charge on any atom is -0.282 e. The van der Waals surface area contributed by atoms with E-state index in [4.69, 9.17) is 0 Å². The summed E-state index contributed by atoms with van der Waals surface area (Å²) < 4.78 is 32.1. The molecule has 1 N–H and O–H groups in total. The molecule has 0 spiro atoms. The van der Waals surface area contributed by atoms with E-state index in [-0.39, 0.29) is 4.90 Å². The van der Waals surface area contributed by atoms with Crippen molar-refractivity contribution in [3.05, 3.63) is 29.3 Å². The van der Waals surface area contributed by atoms with Crippen LogP contribution in [0.4, 0.5) is 0 Å². The maximum absolute atomic E-state index is 11.4. The molecule has 0 aliphatic carbocycles. The van der Waals surface area contributed by atoms with Crippen LogP contribution in [0.2, 0.25) is 13.1 Å². The fraction of sp³-hybridized carbons (Fsp3) is 0.333. The molecule has 1 aromatic carbocycles. The monoisotopic (exact) mass is 269 g/mol. The Bertz CT molecular complexity index is 560. The van der Waals surface area contributed by atoms with Crippen molar-refractivity contribution >= 4 is 30.2 Å². The van der Waals surface area contributed by atoms with E-state index in [1.54, 1.807) is 6.08 Å². The van der Waals surface area contributed by atoms with E-state index >= 15 is 0 Å². The molecular formula is C12H17O3SSi. The van der Waals surface area contributed by atoms with Gasteiger partial charge in [-0.1, -0.05) is 25.7 Å². The maximum atomic E-state index is 11.4. The maximum Gasteiger partial charge on any atom is 0.294 e. The molecule has 0 aromatic heterocycles. The number of benzene rings is 1. The molecule has 0 aliphatic heterocycles. The number of hydrogen-bond acceptors (Lipinski definition) is 2. The minimum absolute atomic E-state index is 0.0528. The third-order valence-electron chi connectivity index (χ3n) is 2.78. The van der Waals surface area contributed by atoms with Crippen LogP contribution in [0.15, 0.2) is 17.5 Å². The van der Waals surface area contributed by atoms with Gasteiger partial charge in [-0.3, -0.25) is 4.55 Å².